The maximum Gasteiger partial charge on any atom is 0.254 e. The quantitative estimate of drug-likeness (QED) is 0.284. The number of methoxy groups -OCH3 is 1. The van der Waals surface area contributed by atoms with Crippen LogP contribution >= 0.6 is 0 Å². The van der Waals surface area contributed by atoms with Crippen LogP contribution in [0.25, 0.3) is 11.0 Å². The summed E-state index contributed by atoms with van der Waals surface area (Å²) in [5.41, 5.74) is 1.50. The van der Waals surface area contributed by atoms with E-state index in [1.165, 1.54) is 41.4 Å². The standard InChI is InChI=1S/C30H27FN2O5/c1-3-15-32(30(36)22-7-6-8-25(16-22)37-2)19-28(34)33(17-21-11-13-24(31)14-12-21)18-23-20-38-27-10-5-4-9-26(27)29(23)35/h3-14,16,20H,1,15,17-19H2,2H3. The minimum atomic E-state index is -0.403. The molecule has 0 saturated heterocycles. The molecule has 0 unspecified atom stereocenters. The Bertz CT molecular complexity index is 1510. The highest BCUT2D eigenvalue weighted by Crippen LogP contribution is 2.17. The molecular formula is C30H27FN2O5. The van der Waals surface area contributed by atoms with Gasteiger partial charge in [0.05, 0.1) is 30.9 Å². The monoisotopic (exact) mass is 514 g/mol. The molecule has 38 heavy (non-hydrogen) atoms. The molecule has 8 heteroatoms. The molecular weight excluding hydrogens is 487 g/mol. The molecule has 1 heterocycles. The fraction of sp³-hybridized carbons (Fsp3) is 0.167. The summed E-state index contributed by atoms with van der Waals surface area (Å²) in [6.07, 6.45) is 2.88. The van der Waals surface area contributed by atoms with Crippen LogP contribution in [0.15, 0.2) is 101 Å². The van der Waals surface area contributed by atoms with E-state index >= 15 is 0 Å². The van der Waals surface area contributed by atoms with Gasteiger partial charge in [-0.1, -0.05) is 36.4 Å². The highest BCUT2D eigenvalue weighted by molar-refractivity contribution is 5.97. The minimum Gasteiger partial charge on any atom is -0.497 e. The van der Waals surface area contributed by atoms with Gasteiger partial charge in [0, 0.05) is 18.7 Å². The summed E-state index contributed by atoms with van der Waals surface area (Å²) in [6, 6.07) is 19.3. The molecule has 0 aliphatic rings. The number of fused-ring (bicyclic) bond motifs is 1. The molecule has 4 aromatic rings. The highest BCUT2D eigenvalue weighted by atomic mass is 19.1. The number of benzene rings is 3. The van der Waals surface area contributed by atoms with Crippen LogP contribution in [0.2, 0.25) is 0 Å². The Morgan fingerprint density at radius 2 is 1.76 bits per heavy atom. The number of nitrogens with zero attached hydrogens (tertiary/aromatic N) is 2. The zero-order valence-corrected chi connectivity index (χ0v) is 20.9. The lowest BCUT2D eigenvalue weighted by Gasteiger charge is -2.27. The molecule has 0 atom stereocenters. The van der Waals surface area contributed by atoms with Gasteiger partial charge in [0.15, 0.2) is 5.43 Å². The minimum absolute atomic E-state index is 0.0569. The Morgan fingerprint density at radius 1 is 1.00 bits per heavy atom. The number of para-hydroxylation sites is 1. The first kappa shape index (κ1) is 26.3. The predicted molar refractivity (Wildman–Crippen MR) is 142 cm³/mol. The van der Waals surface area contributed by atoms with Crippen molar-refractivity contribution in [2.45, 2.75) is 13.1 Å². The fourth-order valence-corrected chi connectivity index (χ4v) is 4.05. The van der Waals surface area contributed by atoms with Crippen molar-refractivity contribution in [1.82, 2.24) is 9.80 Å². The number of amides is 2. The maximum absolute atomic E-state index is 13.6. The summed E-state index contributed by atoms with van der Waals surface area (Å²) in [6.45, 7) is 3.62. The molecule has 194 valence electrons. The van der Waals surface area contributed by atoms with Gasteiger partial charge in [0.25, 0.3) is 5.91 Å². The summed E-state index contributed by atoms with van der Waals surface area (Å²) >= 11 is 0. The van der Waals surface area contributed by atoms with E-state index < -0.39 is 11.7 Å². The second-order valence-electron chi connectivity index (χ2n) is 8.67. The van der Waals surface area contributed by atoms with Crippen molar-refractivity contribution in [3.8, 4) is 5.75 Å². The smallest absolute Gasteiger partial charge is 0.254 e. The topological polar surface area (TPSA) is 80.1 Å². The van der Waals surface area contributed by atoms with E-state index in [0.717, 1.165) is 0 Å². The molecule has 0 aliphatic carbocycles. The van der Waals surface area contributed by atoms with Gasteiger partial charge < -0.3 is 19.0 Å². The van der Waals surface area contributed by atoms with Crippen LogP contribution < -0.4 is 10.2 Å². The molecule has 4 rings (SSSR count). The van der Waals surface area contributed by atoms with Gasteiger partial charge in [-0.15, -0.1) is 6.58 Å². The summed E-state index contributed by atoms with van der Waals surface area (Å²) in [4.78, 5) is 42.8. The molecule has 0 fully saturated rings. The molecule has 0 bridgehead atoms. The molecule has 2 amide bonds. The predicted octanol–water partition coefficient (Wildman–Crippen LogP) is 4.80. The number of carbonyl (C=O) groups is 2. The summed E-state index contributed by atoms with van der Waals surface area (Å²) in [5.74, 6) is -0.659. The Kier molecular flexibility index (Phi) is 8.33. The van der Waals surface area contributed by atoms with Gasteiger partial charge in [0.1, 0.15) is 23.7 Å². The molecule has 0 saturated carbocycles. The second-order valence-corrected chi connectivity index (χ2v) is 8.67. The third kappa shape index (κ3) is 6.15. The number of halogens is 1. The van der Waals surface area contributed by atoms with Crippen LogP contribution in [0, 0.1) is 5.82 Å². The maximum atomic E-state index is 13.6. The van der Waals surface area contributed by atoms with Crippen molar-refractivity contribution in [2.24, 2.45) is 0 Å². The number of carbonyl (C=O) groups excluding carboxylic acids is 2. The van der Waals surface area contributed by atoms with Crippen LogP contribution in [-0.4, -0.2) is 41.8 Å². The van der Waals surface area contributed by atoms with E-state index in [1.807, 2.05) is 0 Å². The van der Waals surface area contributed by atoms with Crippen LogP contribution in [-0.2, 0) is 17.9 Å². The first-order chi connectivity index (χ1) is 18.4. The SMILES string of the molecule is C=CCN(CC(=O)N(Cc1ccc(F)cc1)Cc1coc2ccccc2c1=O)C(=O)c1cccc(OC)c1. The third-order valence-corrected chi connectivity index (χ3v) is 6.03. The Hall–Kier alpha value is -4.72. The zero-order chi connectivity index (χ0) is 27.1. The lowest BCUT2D eigenvalue weighted by Crippen LogP contribution is -2.43. The average Bonchev–Trinajstić information content (AvgIpc) is 2.94. The van der Waals surface area contributed by atoms with E-state index in [1.54, 1.807) is 60.7 Å². The normalized spacial score (nSPS) is 10.7. The van der Waals surface area contributed by atoms with Crippen molar-refractivity contribution >= 4 is 22.8 Å². The van der Waals surface area contributed by atoms with Gasteiger partial charge >= 0.3 is 0 Å². The third-order valence-electron chi connectivity index (χ3n) is 6.03. The van der Waals surface area contributed by atoms with E-state index in [-0.39, 0.29) is 43.1 Å². The number of hydrogen-bond acceptors (Lipinski definition) is 5. The fourth-order valence-electron chi connectivity index (χ4n) is 4.05. The van der Waals surface area contributed by atoms with Crippen molar-refractivity contribution in [3.63, 3.8) is 0 Å². The van der Waals surface area contributed by atoms with E-state index in [0.29, 0.717) is 27.8 Å². The molecule has 0 N–H and O–H groups in total. The molecule has 7 nitrogen and oxygen atoms in total. The zero-order valence-electron chi connectivity index (χ0n) is 20.9. The molecule has 3 aromatic carbocycles. The van der Waals surface area contributed by atoms with Crippen LogP contribution in [0.1, 0.15) is 21.5 Å². The van der Waals surface area contributed by atoms with E-state index in [2.05, 4.69) is 6.58 Å². The average molecular weight is 515 g/mol. The van der Waals surface area contributed by atoms with Crippen molar-refractivity contribution < 1.29 is 23.1 Å². The Morgan fingerprint density at radius 3 is 2.50 bits per heavy atom. The summed E-state index contributed by atoms with van der Waals surface area (Å²) in [5, 5.41) is 0.403. The first-order valence-corrected chi connectivity index (χ1v) is 12.0. The first-order valence-electron chi connectivity index (χ1n) is 12.0. The lowest BCUT2D eigenvalue weighted by atomic mass is 10.1. The highest BCUT2D eigenvalue weighted by Gasteiger charge is 2.23. The van der Waals surface area contributed by atoms with E-state index in [9.17, 15) is 18.8 Å². The van der Waals surface area contributed by atoms with Gasteiger partial charge in [-0.3, -0.25) is 14.4 Å². The van der Waals surface area contributed by atoms with Crippen LogP contribution in [0.5, 0.6) is 5.75 Å². The Balaban J connectivity index is 1.63. The Labute approximate surface area is 219 Å². The number of hydrogen-bond donors (Lipinski definition) is 0. The summed E-state index contributed by atoms with van der Waals surface area (Å²) in [7, 11) is 1.51. The van der Waals surface area contributed by atoms with E-state index in [4.69, 9.17) is 9.15 Å². The number of rotatable bonds is 10. The molecule has 0 aliphatic heterocycles. The van der Waals surface area contributed by atoms with Crippen LogP contribution in [0.4, 0.5) is 4.39 Å². The second kappa shape index (κ2) is 12.0. The summed E-state index contributed by atoms with van der Waals surface area (Å²) < 4.78 is 24.3. The number of ether oxygens (including phenoxy) is 1. The van der Waals surface area contributed by atoms with Gasteiger partial charge in [-0.25, -0.2) is 4.39 Å². The van der Waals surface area contributed by atoms with Gasteiger partial charge in [0.2, 0.25) is 5.91 Å². The van der Waals surface area contributed by atoms with Gasteiger partial charge in [-0.2, -0.15) is 0 Å². The van der Waals surface area contributed by atoms with Crippen molar-refractivity contribution in [3.05, 3.63) is 124 Å². The van der Waals surface area contributed by atoms with Crippen molar-refractivity contribution in [1.29, 1.82) is 0 Å². The molecule has 0 spiro atoms. The lowest BCUT2D eigenvalue weighted by molar-refractivity contribution is -0.133. The molecule has 1 aromatic heterocycles. The van der Waals surface area contributed by atoms with Gasteiger partial charge in [-0.05, 0) is 48.0 Å². The van der Waals surface area contributed by atoms with Crippen molar-refractivity contribution in [2.75, 3.05) is 20.2 Å². The van der Waals surface area contributed by atoms with Crippen LogP contribution in [0.3, 0.4) is 0 Å². The molecule has 0 radical (unpaired) electrons. The largest absolute Gasteiger partial charge is 0.497 e.